The molecule has 0 fully saturated rings. The van der Waals surface area contributed by atoms with Gasteiger partial charge in [-0.3, -0.25) is 4.68 Å². The lowest BCUT2D eigenvalue weighted by Gasteiger charge is -2.30. The minimum Gasteiger partial charge on any atom is -0.331 e. The first-order chi connectivity index (χ1) is 12.6. The summed E-state index contributed by atoms with van der Waals surface area (Å²) in [6.07, 6.45) is 7.75. The van der Waals surface area contributed by atoms with Gasteiger partial charge in [0.2, 0.25) is 0 Å². The van der Waals surface area contributed by atoms with Crippen LogP contribution in [0, 0.1) is 5.82 Å². The summed E-state index contributed by atoms with van der Waals surface area (Å²) in [6.45, 7) is 1.24. The van der Waals surface area contributed by atoms with Crippen LogP contribution in [0.15, 0.2) is 36.5 Å². The second-order valence-corrected chi connectivity index (χ2v) is 7.00. The molecule has 0 spiro atoms. The Morgan fingerprint density at radius 3 is 2.81 bits per heavy atom. The van der Waals surface area contributed by atoms with Crippen molar-refractivity contribution in [2.45, 2.75) is 31.7 Å². The monoisotopic (exact) mass is 354 g/mol. The largest absolute Gasteiger partial charge is 0.331 e. The molecule has 0 bridgehead atoms. The number of aryl methyl sites for hydroxylation is 1. The maximum atomic E-state index is 13.1. The van der Waals surface area contributed by atoms with Crippen molar-refractivity contribution in [3.63, 3.8) is 0 Å². The van der Waals surface area contributed by atoms with E-state index >= 15 is 0 Å². The molecule has 1 atom stereocenters. The Morgan fingerprint density at radius 2 is 2.08 bits per heavy atom. The molecule has 2 aromatic rings. The van der Waals surface area contributed by atoms with Gasteiger partial charge in [0.05, 0.1) is 12.2 Å². The SMILES string of the molecule is Cn1ncc2c1CCCC2NC(=O)N1CC=C(c2ccc(F)cc2)CC1. The zero-order valence-electron chi connectivity index (χ0n) is 14.9. The van der Waals surface area contributed by atoms with Gasteiger partial charge in [-0.2, -0.15) is 5.10 Å². The van der Waals surface area contributed by atoms with Crippen molar-refractivity contribution in [1.82, 2.24) is 20.0 Å². The minimum atomic E-state index is -0.228. The van der Waals surface area contributed by atoms with E-state index in [4.69, 9.17) is 0 Å². The first-order valence-electron chi connectivity index (χ1n) is 9.13. The molecule has 1 aliphatic heterocycles. The van der Waals surface area contributed by atoms with E-state index in [9.17, 15) is 9.18 Å². The number of hydrogen-bond donors (Lipinski definition) is 1. The van der Waals surface area contributed by atoms with Crippen LogP contribution in [0.4, 0.5) is 9.18 Å². The maximum absolute atomic E-state index is 13.1. The number of carbonyl (C=O) groups is 1. The summed E-state index contributed by atoms with van der Waals surface area (Å²) in [5.41, 5.74) is 4.56. The van der Waals surface area contributed by atoms with E-state index in [1.165, 1.54) is 23.4 Å². The molecule has 1 aromatic heterocycles. The number of fused-ring (bicyclic) bond motifs is 1. The number of nitrogens with zero attached hydrogens (tertiary/aromatic N) is 3. The fraction of sp³-hybridized carbons (Fsp3) is 0.400. The molecule has 136 valence electrons. The van der Waals surface area contributed by atoms with Crippen molar-refractivity contribution < 1.29 is 9.18 Å². The number of urea groups is 1. The van der Waals surface area contributed by atoms with Gasteiger partial charge in [-0.15, -0.1) is 0 Å². The van der Waals surface area contributed by atoms with Crippen molar-refractivity contribution in [1.29, 1.82) is 0 Å². The normalized spacial score (nSPS) is 19.7. The van der Waals surface area contributed by atoms with E-state index in [1.54, 1.807) is 12.1 Å². The summed E-state index contributed by atoms with van der Waals surface area (Å²) in [7, 11) is 1.95. The lowest BCUT2D eigenvalue weighted by atomic mass is 9.93. The number of hydrogen-bond acceptors (Lipinski definition) is 2. The lowest BCUT2D eigenvalue weighted by Crippen LogP contribution is -2.44. The maximum Gasteiger partial charge on any atom is 0.318 e. The van der Waals surface area contributed by atoms with E-state index in [2.05, 4.69) is 16.5 Å². The summed E-state index contributed by atoms with van der Waals surface area (Å²) in [6, 6.07) is 6.56. The van der Waals surface area contributed by atoms with E-state index in [-0.39, 0.29) is 17.9 Å². The molecule has 0 saturated heterocycles. The number of aromatic nitrogens is 2. The molecule has 2 amide bonds. The highest BCUT2D eigenvalue weighted by Crippen LogP contribution is 2.29. The smallest absolute Gasteiger partial charge is 0.318 e. The molecule has 2 heterocycles. The molecule has 1 unspecified atom stereocenters. The Labute approximate surface area is 152 Å². The van der Waals surface area contributed by atoms with Crippen LogP contribution < -0.4 is 5.32 Å². The lowest BCUT2D eigenvalue weighted by molar-refractivity contribution is 0.197. The number of rotatable bonds is 2. The second-order valence-electron chi connectivity index (χ2n) is 7.00. The average molecular weight is 354 g/mol. The molecule has 2 aliphatic rings. The Bertz CT molecular complexity index is 840. The van der Waals surface area contributed by atoms with Crippen LogP contribution in [0.5, 0.6) is 0 Å². The number of nitrogens with one attached hydrogen (secondary N) is 1. The van der Waals surface area contributed by atoms with E-state index in [0.717, 1.165) is 36.8 Å². The predicted octanol–water partition coefficient (Wildman–Crippen LogP) is 3.44. The van der Waals surface area contributed by atoms with Crippen molar-refractivity contribution in [2.24, 2.45) is 7.05 Å². The fourth-order valence-electron chi connectivity index (χ4n) is 3.88. The van der Waals surface area contributed by atoms with Gasteiger partial charge in [0.1, 0.15) is 5.82 Å². The molecule has 26 heavy (non-hydrogen) atoms. The van der Waals surface area contributed by atoms with Gasteiger partial charge in [-0.25, -0.2) is 9.18 Å². The first kappa shape index (κ1) is 16.8. The summed E-state index contributed by atoms with van der Waals surface area (Å²) < 4.78 is 15.0. The topological polar surface area (TPSA) is 50.2 Å². The molecule has 0 radical (unpaired) electrons. The summed E-state index contributed by atoms with van der Waals surface area (Å²) in [5.74, 6) is -0.228. The van der Waals surface area contributed by atoms with Gasteiger partial charge in [0.25, 0.3) is 0 Å². The van der Waals surface area contributed by atoms with Crippen LogP contribution in [-0.4, -0.2) is 33.8 Å². The number of halogens is 1. The zero-order chi connectivity index (χ0) is 18.1. The van der Waals surface area contributed by atoms with E-state index < -0.39 is 0 Å². The van der Waals surface area contributed by atoms with Gasteiger partial charge in [0, 0.05) is 31.4 Å². The highest BCUT2D eigenvalue weighted by atomic mass is 19.1. The van der Waals surface area contributed by atoms with Gasteiger partial charge >= 0.3 is 6.03 Å². The van der Waals surface area contributed by atoms with Crippen molar-refractivity contribution in [3.8, 4) is 0 Å². The standard InChI is InChI=1S/C20H23FN4O/c1-24-19-4-2-3-18(17(19)13-22-24)23-20(26)25-11-9-15(10-12-25)14-5-7-16(21)8-6-14/h5-9,13,18H,2-4,10-12H2,1H3,(H,23,26). The third-order valence-electron chi connectivity index (χ3n) is 5.38. The minimum absolute atomic E-state index is 0.0268. The Hall–Kier alpha value is -2.63. The zero-order valence-corrected chi connectivity index (χ0v) is 14.9. The second kappa shape index (κ2) is 6.94. The van der Waals surface area contributed by atoms with Gasteiger partial charge in [0.15, 0.2) is 0 Å². The number of amides is 2. The Morgan fingerprint density at radius 1 is 1.27 bits per heavy atom. The van der Waals surface area contributed by atoms with Crippen molar-refractivity contribution >= 4 is 11.6 Å². The number of carbonyl (C=O) groups excluding carboxylic acids is 1. The van der Waals surface area contributed by atoms with Crippen molar-refractivity contribution in [3.05, 3.63) is 59.2 Å². The van der Waals surface area contributed by atoms with Gasteiger partial charge in [-0.1, -0.05) is 18.2 Å². The molecule has 5 nitrogen and oxygen atoms in total. The first-order valence-corrected chi connectivity index (χ1v) is 9.13. The Kier molecular flexibility index (Phi) is 4.49. The van der Waals surface area contributed by atoms with Crippen LogP contribution in [-0.2, 0) is 13.5 Å². The molecule has 1 aliphatic carbocycles. The van der Waals surface area contributed by atoms with Gasteiger partial charge in [-0.05, 0) is 49.0 Å². The van der Waals surface area contributed by atoms with Crippen LogP contribution >= 0.6 is 0 Å². The predicted molar refractivity (Wildman–Crippen MR) is 98.0 cm³/mol. The molecule has 6 heteroatoms. The van der Waals surface area contributed by atoms with Gasteiger partial charge < -0.3 is 10.2 Å². The summed E-state index contributed by atoms with van der Waals surface area (Å²) >= 11 is 0. The molecule has 4 rings (SSSR count). The molecule has 1 aromatic carbocycles. The van der Waals surface area contributed by atoms with E-state index in [1.807, 2.05) is 22.8 Å². The number of benzene rings is 1. The van der Waals surface area contributed by atoms with Crippen LogP contribution in [0.2, 0.25) is 0 Å². The van der Waals surface area contributed by atoms with Crippen LogP contribution in [0.3, 0.4) is 0 Å². The molecular weight excluding hydrogens is 331 g/mol. The van der Waals surface area contributed by atoms with E-state index in [0.29, 0.717) is 13.1 Å². The molecule has 0 saturated carbocycles. The summed E-state index contributed by atoms with van der Waals surface area (Å²) in [5, 5.41) is 7.51. The van der Waals surface area contributed by atoms with Crippen LogP contribution in [0.1, 0.15) is 42.1 Å². The average Bonchev–Trinajstić information content (AvgIpc) is 3.05. The highest BCUT2D eigenvalue weighted by Gasteiger charge is 2.27. The summed E-state index contributed by atoms with van der Waals surface area (Å²) in [4.78, 5) is 14.5. The quantitative estimate of drug-likeness (QED) is 0.898. The molecule has 1 N–H and O–H groups in total. The fourth-order valence-corrected chi connectivity index (χ4v) is 3.88. The third kappa shape index (κ3) is 3.23. The molecular formula is C20H23FN4O. The van der Waals surface area contributed by atoms with Crippen LogP contribution in [0.25, 0.3) is 5.57 Å². The highest BCUT2D eigenvalue weighted by molar-refractivity contribution is 5.77. The van der Waals surface area contributed by atoms with Crippen molar-refractivity contribution in [2.75, 3.05) is 13.1 Å². The Balaban J connectivity index is 1.40. The third-order valence-corrected chi connectivity index (χ3v) is 5.38.